The number of hydrogen-bond acceptors (Lipinski definition) is 3. The Hall–Kier alpha value is -1.42. The van der Waals surface area contributed by atoms with Gasteiger partial charge in [0.05, 0.1) is 12.0 Å². The van der Waals surface area contributed by atoms with Crippen LogP contribution < -0.4 is 0 Å². The molecule has 0 aromatic heterocycles. The summed E-state index contributed by atoms with van der Waals surface area (Å²) in [5.41, 5.74) is 0.968. The van der Waals surface area contributed by atoms with Gasteiger partial charge >= 0.3 is 5.97 Å². The third-order valence-electron chi connectivity index (χ3n) is 4.72. The van der Waals surface area contributed by atoms with Gasteiger partial charge in [0.25, 0.3) is 0 Å². The Morgan fingerprint density at radius 3 is 2.74 bits per heavy atom. The fraction of sp³-hybridized carbons (Fsp3) is 0.600. The lowest BCUT2D eigenvalue weighted by molar-refractivity contribution is -0.145. The van der Waals surface area contributed by atoms with Crippen molar-refractivity contribution in [1.29, 1.82) is 0 Å². The van der Waals surface area contributed by atoms with Gasteiger partial charge in [-0.25, -0.2) is 0 Å². The van der Waals surface area contributed by atoms with Gasteiger partial charge in [-0.15, -0.1) is 0 Å². The van der Waals surface area contributed by atoms with E-state index in [9.17, 15) is 14.7 Å². The summed E-state index contributed by atoms with van der Waals surface area (Å²) in [6.45, 7) is 5.34. The number of ketones is 1. The highest BCUT2D eigenvalue weighted by Gasteiger charge is 2.46. The number of aliphatic carboxylic acids is 1. The van der Waals surface area contributed by atoms with Gasteiger partial charge < -0.3 is 10.2 Å². The zero-order valence-electron chi connectivity index (χ0n) is 11.5. The number of aliphatic hydroxyl groups is 1. The Morgan fingerprint density at radius 1 is 1.53 bits per heavy atom. The van der Waals surface area contributed by atoms with Gasteiger partial charge in [0.2, 0.25) is 0 Å². The molecule has 0 bridgehead atoms. The highest BCUT2D eigenvalue weighted by atomic mass is 16.4. The number of allylic oxidation sites excluding steroid dienone is 3. The first kappa shape index (κ1) is 14.0. The van der Waals surface area contributed by atoms with Crippen molar-refractivity contribution in [1.82, 2.24) is 0 Å². The second-order valence-electron chi connectivity index (χ2n) is 5.93. The summed E-state index contributed by atoms with van der Waals surface area (Å²) in [7, 11) is 0. The highest BCUT2D eigenvalue weighted by Crippen LogP contribution is 2.49. The van der Waals surface area contributed by atoms with Gasteiger partial charge in [-0.3, -0.25) is 9.59 Å². The van der Waals surface area contributed by atoms with Crippen molar-refractivity contribution in [3.8, 4) is 0 Å². The van der Waals surface area contributed by atoms with Crippen molar-refractivity contribution in [2.45, 2.75) is 39.7 Å². The second-order valence-corrected chi connectivity index (χ2v) is 5.93. The van der Waals surface area contributed by atoms with Crippen molar-refractivity contribution < 1.29 is 19.8 Å². The number of carbonyl (C=O) groups excluding carboxylic acids is 1. The average Bonchev–Trinajstić information content (AvgIpc) is 2.34. The first-order valence-electron chi connectivity index (χ1n) is 6.63. The molecule has 0 aromatic carbocycles. The minimum absolute atomic E-state index is 0.0878. The summed E-state index contributed by atoms with van der Waals surface area (Å²) >= 11 is 0. The van der Waals surface area contributed by atoms with E-state index in [-0.39, 0.29) is 17.1 Å². The topological polar surface area (TPSA) is 74.6 Å². The molecule has 0 aliphatic heterocycles. The van der Waals surface area contributed by atoms with Crippen LogP contribution in [0.2, 0.25) is 0 Å². The molecule has 0 heterocycles. The van der Waals surface area contributed by atoms with Crippen molar-refractivity contribution in [3.63, 3.8) is 0 Å². The maximum Gasteiger partial charge on any atom is 0.306 e. The fourth-order valence-electron chi connectivity index (χ4n) is 3.36. The maximum absolute atomic E-state index is 11.8. The molecular formula is C15H20O4. The quantitative estimate of drug-likeness (QED) is 0.799. The summed E-state index contributed by atoms with van der Waals surface area (Å²) in [6, 6.07) is 0. The Balaban J connectivity index is 2.41. The Labute approximate surface area is 112 Å². The molecule has 4 heteroatoms. The number of carboxylic acid groups (broad SMARTS) is 1. The number of carboxylic acids is 1. The Bertz CT molecular complexity index is 488. The van der Waals surface area contributed by atoms with E-state index in [1.165, 1.54) is 0 Å². The van der Waals surface area contributed by atoms with Crippen LogP contribution in [0.4, 0.5) is 0 Å². The van der Waals surface area contributed by atoms with E-state index >= 15 is 0 Å². The predicted molar refractivity (Wildman–Crippen MR) is 70.5 cm³/mol. The molecule has 2 aliphatic carbocycles. The standard InChI is InChI=1S/C15H20O4/c1-8(14(18)19)10-4-6-15(3)7-5-11(16)9(2)12(15)13(10)17/h5,7-8,10,13,17H,4,6H2,1-3H3,(H,18,19). The fourth-order valence-corrected chi connectivity index (χ4v) is 3.36. The molecule has 4 atom stereocenters. The molecule has 2 rings (SSSR count). The molecule has 0 spiro atoms. The summed E-state index contributed by atoms with van der Waals surface area (Å²) in [4.78, 5) is 22.9. The number of rotatable bonds is 2. The Morgan fingerprint density at radius 2 is 2.16 bits per heavy atom. The smallest absolute Gasteiger partial charge is 0.306 e. The van der Waals surface area contributed by atoms with Crippen LogP contribution in [0.3, 0.4) is 0 Å². The number of aliphatic hydroxyl groups excluding tert-OH is 1. The Kier molecular flexibility index (Phi) is 3.39. The van der Waals surface area contributed by atoms with Crippen LogP contribution in [0.1, 0.15) is 33.6 Å². The van der Waals surface area contributed by atoms with Gasteiger partial charge in [-0.05, 0) is 37.0 Å². The summed E-state index contributed by atoms with van der Waals surface area (Å²) < 4.78 is 0. The molecule has 4 nitrogen and oxygen atoms in total. The molecule has 2 aliphatic rings. The minimum atomic E-state index is -0.899. The van der Waals surface area contributed by atoms with Crippen molar-refractivity contribution in [3.05, 3.63) is 23.3 Å². The molecule has 0 amide bonds. The van der Waals surface area contributed by atoms with E-state index in [0.29, 0.717) is 17.6 Å². The molecular weight excluding hydrogens is 244 g/mol. The van der Waals surface area contributed by atoms with E-state index in [2.05, 4.69) is 0 Å². The molecule has 4 unspecified atom stereocenters. The summed E-state index contributed by atoms with van der Waals surface area (Å²) in [5.74, 6) is -1.92. The molecule has 2 N–H and O–H groups in total. The first-order valence-corrected chi connectivity index (χ1v) is 6.63. The van der Waals surface area contributed by atoms with Crippen molar-refractivity contribution in [2.75, 3.05) is 0 Å². The first-order chi connectivity index (χ1) is 8.78. The van der Waals surface area contributed by atoms with Gasteiger partial charge in [0.1, 0.15) is 0 Å². The third-order valence-corrected chi connectivity index (χ3v) is 4.72. The lowest BCUT2D eigenvalue weighted by atomic mass is 9.61. The second kappa shape index (κ2) is 4.60. The maximum atomic E-state index is 11.8. The van der Waals surface area contributed by atoms with E-state index in [4.69, 9.17) is 5.11 Å². The zero-order valence-corrected chi connectivity index (χ0v) is 11.5. The van der Waals surface area contributed by atoms with Crippen LogP contribution in [0.15, 0.2) is 23.3 Å². The zero-order chi connectivity index (χ0) is 14.4. The number of hydrogen-bond donors (Lipinski definition) is 2. The minimum Gasteiger partial charge on any atom is -0.481 e. The van der Waals surface area contributed by atoms with E-state index in [1.807, 2.05) is 13.0 Å². The molecule has 1 fully saturated rings. The van der Waals surface area contributed by atoms with Crippen molar-refractivity contribution >= 4 is 11.8 Å². The van der Waals surface area contributed by atoms with Gasteiger partial charge in [0.15, 0.2) is 5.78 Å². The van der Waals surface area contributed by atoms with E-state index in [1.54, 1.807) is 19.9 Å². The SMILES string of the molecule is CC1=C2C(O)C(C(C)C(=O)O)CCC2(C)C=CC1=O. The van der Waals surface area contributed by atoms with Crippen LogP contribution in [0, 0.1) is 17.3 Å². The predicted octanol–water partition coefficient (Wildman–Crippen LogP) is 1.94. The third kappa shape index (κ3) is 2.14. The van der Waals surface area contributed by atoms with E-state index in [0.717, 1.165) is 6.42 Å². The van der Waals surface area contributed by atoms with Crippen molar-refractivity contribution in [2.24, 2.45) is 17.3 Å². The van der Waals surface area contributed by atoms with E-state index < -0.39 is 18.0 Å². The van der Waals surface area contributed by atoms with Crippen LogP contribution in [-0.4, -0.2) is 28.1 Å². The number of carbonyl (C=O) groups is 2. The van der Waals surface area contributed by atoms with Gasteiger partial charge in [-0.2, -0.15) is 0 Å². The lowest BCUT2D eigenvalue weighted by Crippen LogP contribution is -2.44. The molecule has 104 valence electrons. The van der Waals surface area contributed by atoms with Crippen LogP contribution in [0.5, 0.6) is 0 Å². The largest absolute Gasteiger partial charge is 0.481 e. The summed E-state index contributed by atoms with van der Waals surface area (Å²) in [6.07, 6.45) is 3.98. The molecule has 19 heavy (non-hydrogen) atoms. The van der Waals surface area contributed by atoms with Crippen LogP contribution >= 0.6 is 0 Å². The molecule has 1 saturated carbocycles. The van der Waals surface area contributed by atoms with Crippen LogP contribution in [0.25, 0.3) is 0 Å². The van der Waals surface area contributed by atoms with Gasteiger partial charge in [-0.1, -0.05) is 19.9 Å². The molecule has 0 radical (unpaired) electrons. The molecule has 0 aromatic rings. The monoisotopic (exact) mass is 264 g/mol. The average molecular weight is 264 g/mol. The normalized spacial score (nSPS) is 36.1. The lowest BCUT2D eigenvalue weighted by Gasteiger charge is -2.45. The number of fused-ring (bicyclic) bond motifs is 1. The molecule has 0 saturated heterocycles. The van der Waals surface area contributed by atoms with Gasteiger partial charge in [0, 0.05) is 11.3 Å². The summed E-state index contributed by atoms with van der Waals surface area (Å²) in [5, 5.41) is 19.7. The van der Waals surface area contributed by atoms with Crippen LogP contribution in [-0.2, 0) is 9.59 Å². The highest BCUT2D eigenvalue weighted by molar-refractivity contribution is 6.05.